The molecule has 4 unspecified atom stereocenters. The van der Waals surface area contributed by atoms with E-state index in [0.717, 1.165) is 23.7 Å². The quantitative estimate of drug-likeness (QED) is 0.492. The van der Waals surface area contributed by atoms with Gasteiger partial charge in [-0.15, -0.1) is 0 Å². The van der Waals surface area contributed by atoms with Crippen molar-refractivity contribution >= 4 is 0 Å². The predicted octanol–water partition coefficient (Wildman–Crippen LogP) is 2.69. The summed E-state index contributed by atoms with van der Waals surface area (Å²) in [6.45, 7) is 6.67. The summed E-state index contributed by atoms with van der Waals surface area (Å²) in [5.74, 6) is 4.01. The molecule has 2 bridgehead atoms. The van der Waals surface area contributed by atoms with E-state index in [-0.39, 0.29) is 0 Å². The Labute approximate surface area is 93.7 Å². The van der Waals surface area contributed by atoms with E-state index in [4.69, 9.17) is 0 Å². The molecule has 1 heteroatoms. The number of nitrogens with zero attached hydrogens (tertiary/aromatic N) is 1. The molecule has 1 saturated heterocycles. The second-order valence-corrected chi connectivity index (χ2v) is 6.34. The second kappa shape index (κ2) is 3.35. The van der Waals surface area contributed by atoms with E-state index >= 15 is 0 Å². The highest BCUT2D eigenvalue weighted by molar-refractivity contribution is 5.14. The van der Waals surface area contributed by atoms with E-state index < -0.39 is 0 Å². The number of rotatable bonds is 3. The van der Waals surface area contributed by atoms with E-state index in [0.29, 0.717) is 0 Å². The van der Waals surface area contributed by atoms with Gasteiger partial charge in [0, 0.05) is 11.8 Å². The summed E-state index contributed by atoms with van der Waals surface area (Å²) in [5, 5.41) is 0. The molecule has 3 aliphatic rings. The van der Waals surface area contributed by atoms with Gasteiger partial charge in [-0.1, -0.05) is 25.5 Å². The molecule has 0 N–H and O–H groups in total. The lowest BCUT2D eigenvalue weighted by atomic mass is 9.86. The van der Waals surface area contributed by atoms with Gasteiger partial charge in [0.15, 0.2) is 0 Å². The van der Waals surface area contributed by atoms with Crippen molar-refractivity contribution in [3.05, 3.63) is 12.2 Å². The number of likely N-dealkylation sites (tertiary alicyclic amines) is 1. The van der Waals surface area contributed by atoms with Crippen molar-refractivity contribution in [2.75, 3.05) is 26.7 Å². The van der Waals surface area contributed by atoms with Crippen molar-refractivity contribution in [2.24, 2.45) is 23.7 Å². The maximum Gasteiger partial charge on any atom is 0.0824 e. The molecule has 3 rings (SSSR count). The molecule has 0 amide bonds. The standard InChI is InChI=1S/C14H24N/c1-3-4-7-15(2)9-13-11-5-6-12(8-11)14(13)10-15/h5-6,11-14H,3-4,7-10H2,1-2H3/q+1. The fourth-order valence-electron chi connectivity index (χ4n) is 4.38. The molecule has 0 aromatic heterocycles. The van der Waals surface area contributed by atoms with Crippen LogP contribution in [0.2, 0.25) is 0 Å². The zero-order valence-corrected chi connectivity index (χ0v) is 10.2. The zero-order chi connectivity index (χ0) is 10.5. The largest absolute Gasteiger partial charge is 0.326 e. The molecule has 15 heavy (non-hydrogen) atoms. The third kappa shape index (κ3) is 1.47. The van der Waals surface area contributed by atoms with Gasteiger partial charge in [-0.2, -0.15) is 0 Å². The first-order valence-electron chi connectivity index (χ1n) is 6.74. The van der Waals surface area contributed by atoms with Crippen LogP contribution in [0, 0.1) is 23.7 Å². The van der Waals surface area contributed by atoms with Crippen LogP contribution in [-0.2, 0) is 0 Å². The van der Waals surface area contributed by atoms with Crippen LogP contribution in [-0.4, -0.2) is 31.2 Å². The molecule has 0 aromatic rings. The van der Waals surface area contributed by atoms with Crippen LogP contribution in [0.15, 0.2) is 12.2 Å². The molecule has 4 atom stereocenters. The van der Waals surface area contributed by atoms with Gasteiger partial charge >= 0.3 is 0 Å². The van der Waals surface area contributed by atoms with Crippen LogP contribution in [0.1, 0.15) is 26.2 Å². The smallest absolute Gasteiger partial charge is 0.0824 e. The normalized spacial score (nSPS) is 51.3. The Balaban J connectivity index is 1.70. The SMILES string of the molecule is CCCC[N+]1(C)CC2C3C=CC(C3)C2C1. The second-order valence-electron chi connectivity index (χ2n) is 6.34. The van der Waals surface area contributed by atoms with Gasteiger partial charge in [0.25, 0.3) is 0 Å². The van der Waals surface area contributed by atoms with Crippen LogP contribution in [0.3, 0.4) is 0 Å². The average molecular weight is 206 g/mol. The lowest BCUT2D eigenvalue weighted by Gasteiger charge is -2.31. The molecule has 84 valence electrons. The van der Waals surface area contributed by atoms with Gasteiger partial charge in [-0.3, -0.25) is 0 Å². The summed E-state index contributed by atoms with van der Waals surface area (Å²) in [7, 11) is 2.49. The third-order valence-electron chi connectivity index (χ3n) is 5.15. The highest BCUT2D eigenvalue weighted by Gasteiger charge is 2.54. The first-order chi connectivity index (χ1) is 7.22. The van der Waals surface area contributed by atoms with Gasteiger partial charge in [0.2, 0.25) is 0 Å². The summed E-state index contributed by atoms with van der Waals surface area (Å²) < 4.78 is 1.37. The van der Waals surface area contributed by atoms with Crippen LogP contribution in [0.4, 0.5) is 0 Å². The number of hydrogen-bond donors (Lipinski definition) is 0. The van der Waals surface area contributed by atoms with E-state index in [1.54, 1.807) is 0 Å². The van der Waals surface area contributed by atoms with Crippen molar-refractivity contribution in [3.63, 3.8) is 0 Å². The number of fused-ring (bicyclic) bond motifs is 5. The molecule has 0 aromatic carbocycles. The molecule has 1 saturated carbocycles. The fourth-order valence-corrected chi connectivity index (χ4v) is 4.38. The fraction of sp³-hybridized carbons (Fsp3) is 0.857. The maximum atomic E-state index is 2.52. The lowest BCUT2D eigenvalue weighted by molar-refractivity contribution is -0.901. The Bertz CT molecular complexity index is 261. The highest BCUT2D eigenvalue weighted by Crippen LogP contribution is 2.52. The molecule has 1 nitrogen and oxygen atoms in total. The van der Waals surface area contributed by atoms with Crippen LogP contribution in [0.25, 0.3) is 0 Å². The molecule has 2 fully saturated rings. The summed E-state index contributed by atoms with van der Waals surface area (Å²) >= 11 is 0. The minimum atomic E-state index is 0.960. The zero-order valence-electron chi connectivity index (χ0n) is 10.2. The molecule has 0 spiro atoms. The molecule has 2 aliphatic carbocycles. The first kappa shape index (κ1) is 9.89. The van der Waals surface area contributed by atoms with E-state index in [1.807, 2.05) is 0 Å². The summed E-state index contributed by atoms with van der Waals surface area (Å²) in [6.07, 6.45) is 9.29. The maximum absolute atomic E-state index is 2.52. The minimum Gasteiger partial charge on any atom is -0.326 e. The average Bonchev–Trinajstić information content (AvgIpc) is 2.84. The number of quaternary nitrogens is 1. The Morgan fingerprint density at radius 2 is 1.73 bits per heavy atom. The van der Waals surface area contributed by atoms with E-state index in [1.165, 1.54) is 43.4 Å². The van der Waals surface area contributed by atoms with Crippen LogP contribution < -0.4 is 0 Å². The first-order valence-corrected chi connectivity index (χ1v) is 6.74. The topological polar surface area (TPSA) is 0 Å². The number of hydrogen-bond acceptors (Lipinski definition) is 0. The van der Waals surface area contributed by atoms with Crippen molar-refractivity contribution in [2.45, 2.75) is 26.2 Å². The van der Waals surface area contributed by atoms with Gasteiger partial charge in [0.1, 0.15) is 0 Å². The van der Waals surface area contributed by atoms with E-state index in [2.05, 4.69) is 26.1 Å². The lowest BCUT2D eigenvalue weighted by Crippen LogP contribution is -2.43. The van der Waals surface area contributed by atoms with Crippen molar-refractivity contribution in [3.8, 4) is 0 Å². The number of unbranched alkanes of at least 4 members (excludes halogenated alkanes) is 1. The summed E-state index contributed by atoms with van der Waals surface area (Å²) in [4.78, 5) is 0. The van der Waals surface area contributed by atoms with E-state index in [9.17, 15) is 0 Å². The Morgan fingerprint density at radius 3 is 2.27 bits per heavy atom. The Morgan fingerprint density at radius 1 is 1.13 bits per heavy atom. The summed E-state index contributed by atoms with van der Waals surface area (Å²) in [5.41, 5.74) is 0. The molecule has 1 heterocycles. The molecule has 0 radical (unpaired) electrons. The van der Waals surface area contributed by atoms with Gasteiger partial charge in [0.05, 0.1) is 26.7 Å². The molecular weight excluding hydrogens is 182 g/mol. The highest BCUT2D eigenvalue weighted by atomic mass is 15.4. The van der Waals surface area contributed by atoms with Crippen LogP contribution >= 0.6 is 0 Å². The minimum absolute atomic E-state index is 0.960. The van der Waals surface area contributed by atoms with Crippen molar-refractivity contribution in [1.82, 2.24) is 0 Å². The number of allylic oxidation sites excluding steroid dienone is 2. The van der Waals surface area contributed by atoms with Gasteiger partial charge in [-0.05, 0) is 24.7 Å². The van der Waals surface area contributed by atoms with Crippen molar-refractivity contribution < 1.29 is 4.48 Å². The Hall–Kier alpha value is -0.300. The Kier molecular flexibility index (Phi) is 2.21. The molecule has 1 aliphatic heterocycles. The predicted molar refractivity (Wildman–Crippen MR) is 63.4 cm³/mol. The summed E-state index contributed by atoms with van der Waals surface area (Å²) in [6, 6.07) is 0. The molecular formula is C14H24N+. The van der Waals surface area contributed by atoms with Crippen LogP contribution in [0.5, 0.6) is 0 Å². The van der Waals surface area contributed by atoms with Crippen molar-refractivity contribution in [1.29, 1.82) is 0 Å². The monoisotopic (exact) mass is 206 g/mol. The third-order valence-corrected chi connectivity index (χ3v) is 5.15. The van der Waals surface area contributed by atoms with Gasteiger partial charge in [-0.25, -0.2) is 0 Å². The van der Waals surface area contributed by atoms with Gasteiger partial charge < -0.3 is 4.48 Å².